The molecule has 0 atom stereocenters. The quantitative estimate of drug-likeness (QED) is 0.705. The minimum absolute atomic E-state index is 0.0357. The predicted octanol–water partition coefficient (Wildman–Crippen LogP) is -0.168. The highest BCUT2D eigenvalue weighted by Gasteiger charge is 2.59. The number of nitrogens with zero attached hydrogens (tertiary/aromatic N) is 3. The Morgan fingerprint density at radius 2 is 1.75 bits per heavy atom. The molecule has 0 unspecified atom stereocenters. The molecule has 2 saturated heterocycles. The fourth-order valence-corrected chi connectivity index (χ4v) is 3.39. The SMILES string of the molecule is CC(=O)N1CCN(CC(=O)N2CCCC2)C(=O)C12CC2. The largest absolute Gasteiger partial charge is 0.341 e. The maximum absolute atomic E-state index is 12.5. The van der Waals surface area contributed by atoms with Crippen molar-refractivity contribution in [2.24, 2.45) is 0 Å². The maximum Gasteiger partial charge on any atom is 0.249 e. The molecule has 2 aliphatic heterocycles. The van der Waals surface area contributed by atoms with Gasteiger partial charge in [0.15, 0.2) is 0 Å². The van der Waals surface area contributed by atoms with Crippen LogP contribution in [0.1, 0.15) is 32.6 Å². The molecule has 3 fully saturated rings. The van der Waals surface area contributed by atoms with Crippen molar-refractivity contribution in [1.82, 2.24) is 14.7 Å². The standard InChI is InChI=1S/C14H21N3O3/c1-11(18)17-9-8-16(13(20)14(17)4-5-14)10-12(19)15-6-2-3-7-15/h2-10H2,1H3. The monoisotopic (exact) mass is 279 g/mol. The van der Waals surface area contributed by atoms with Gasteiger partial charge in [-0.05, 0) is 25.7 Å². The Hall–Kier alpha value is -1.59. The average Bonchev–Trinajstić information content (AvgIpc) is 2.99. The van der Waals surface area contributed by atoms with Crippen LogP contribution < -0.4 is 0 Å². The zero-order chi connectivity index (χ0) is 14.3. The van der Waals surface area contributed by atoms with Gasteiger partial charge in [-0.2, -0.15) is 0 Å². The molecule has 6 heteroatoms. The van der Waals surface area contributed by atoms with E-state index in [1.165, 1.54) is 6.92 Å². The number of amides is 3. The molecular formula is C14H21N3O3. The number of carbonyl (C=O) groups is 3. The van der Waals surface area contributed by atoms with Crippen molar-refractivity contribution in [3.8, 4) is 0 Å². The number of piperazine rings is 1. The van der Waals surface area contributed by atoms with Crippen molar-refractivity contribution in [2.45, 2.75) is 38.1 Å². The highest BCUT2D eigenvalue weighted by atomic mass is 16.2. The molecule has 0 bridgehead atoms. The Bertz CT molecular complexity index is 453. The summed E-state index contributed by atoms with van der Waals surface area (Å²) in [6.07, 6.45) is 3.59. The van der Waals surface area contributed by atoms with Crippen molar-refractivity contribution < 1.29 is 14.4 Å². The maximum atomic E-state index is 12.5. The molecule has 3 rings (SSSR count). The van der Waals surface area contributed by atoms with Crippen LogP contribution in [0.25, 0.3) is 0 Å². The van der Waals surface area contributed by atoms with Crippen molar-refractivity contribution in [3.63, 3.8) is 0 Å². The zero-order valence-corrected chi connectivity index (χ0v) is 11.9. The van der Waals surface area contributed by atoms with Gasteiger partial charge in [0.25, 0.3) is 0 Å². The number of carbonyl (C=O) groups excluding carboxylic acids is 3. The molecule has 0 aromatic heterocycles. The molecular weight excluding hydrogens is 258 g/mol. The lowest BCUT2D eigenvalue weighted by atomic mass is 10.1. The van der Waals surface area contributed by atoms with Crippen molar-refractivity contribution in [2.75, 3.05) is 32.7 Å². The van der Waals surface area contributed by atoms with Crippen LogP contribution in [-0.4, -0.2) is 70.7 Å². The van der Waals surface area contributed by atoms with E-state index in [0.29, 0.717) is 13.1 Å². The van der Waals surface area contributed by atoms with Gasteiger partial charge in [0.05, 0.1) is 6.54 Å². The second-order valence-electron chi connectivity index (χ2n) is 6.02. The average molecular weight is 279 g/mol. The molecule has 3 amide bonds. The summed E-state index contributed by atoms with van der Waals surface area (Å²) in [7, 11) is 0. The highest BCUT2D eigenvalue weighted by Crippen LogP contribution is 2.45. The van der Waals surface area contributed by atoms with Gasteiger partial charge in [0.1, 0.15) is 5.54 Å². The Kier molecular flexibility index (Phi) is 3.18. The fourth-order valence-electron chi connectivity index (χ4n) is 3.39. The topological polar surface area (TPSA) is 60.9 Å². The van der Waals surface area contributed by atoms with E-state index in [0.717, 1.165) is 38.8 Å². The number of rotatable bonds is 2. The summed E-state index contributed by atoms with van der Waals surface area (Å²) in [5.41, 5.74) is -0.616. The minimum Gasteiger partial charge on any atom is -0.341 e. The van der Waals surface area contributed by atoms with Gasteiger partial charge >= 0.3 is 0 Å². The second-order valence-corrected chi connectivity index (χ2v) is 6.02. The van der Waals surface area contributed by atoms with Crippen LogP contribution in [0.5, 0.6) is 0 Å². The van der Waals surface area contributed by atoms with Crippen molar-refractivity contribution in [1.29, 1.82) is 0 Å². The zero-order valence-electron chi connectivity index (χ0n) is 11.9. The van der Waals surface area contributed by atoms with Gasteiger partial charge in [-0.3, -0.25) is 14.4 Å². The van der Waals surface area contributed by atoms with Gasteiger partial charge < -0.3 is 14.7 Å². The highest BCUT2D eigenvalue weighted by molar-refractivity contribution is 5.96. The van der Waals surface area contributed by atoms with Crippen LogP contribution in [-0.2, 0) is 14.4 Å². The summed E-state index contributed by atoms with van der Waals surface area (Å²) >= 11 is 0. The Morgan fingerprint density at radius 3 is 2.30 bits per heavy atom. The molecule has 0 radical (unpaired) electrons. The van der Waals surface area contributed by atoms with E-state index >= 15 is 0 Å². The molecule has 20 heavy (non-hydrogen) atoms. The Morgan fingerprint density at radius 1 is 1.10 bits per heavy atom. The van der Waals surface area contributed by atoms with Crippen LogP contribution >= 0.6 is 0 Å². The van der Waals surface area contributed by atoms with E-state index in [1.54, 1.807) is 9.80 Å². The summed E-state index contributed by atoms with van der Waals surface area (Å²) in [5, 5.41) is 0. The molecule has 3 aliphatic rings. The van der Waals surface area contributed by atoms with Crippen LogP contribution in [0.3, 0.4) is 0 Å². The smallest absolute Gasteiger partial charge is 0.249 e. The van der Waals surface area contributed by atoms with Gasteiger partial charge in [-0.1, -0.05) is 0 Å². The van der Waals surface area contributed by atoms with Crippen LogP contribution in [0, 0.1) is 0 Å². The van der Waals surface area contributed by atoms with Gasteiger partial charge in [-0.25, -0.2) is 0 Å². The Labute approximate surface area is 118 Å². The first-order valence-corrected chi connectivity index (χ1v) is 7.40. The molecule has 110 valence electrons. The van der Waals surface area contributed by atoms with Crippen LogP contribution in [0.2, 0.25) is 0 Å². The van der Waals surface area contributed by atoms with Crippen LogP contribution in [0.4, 0.5) is 0 Å². The number of likely N-dealkylation sites (tertiary alicyclic amines) is 1. The lowest BCUT2D eigenvalue weighted by Crippen LogP contribution is -2.61. The third-order valence-corrected chi connectivity index (χ3v) is 4.68. The second kappa shape index (κ2) is 4.75. The van der Waals surface area contributed by atoms with Crippen molar-refractivity contribution >= 4 is 17.7 Å². The lowest BCUT2D eigenvalue weighted by Gasteiger charge is -2.40. The first-order valence-electron chi connectivity index (χ1n) is 7.40. The molecule has 1 saturated carbocycles. The third kappa shape index (κ3) is 2.07. The third-order valence-electron chi connectivity index (χ3n) is 4.68. The predicted molar refractivity (Wildman–Crippen MR) is 71.7 cm³/mol. The fraction of sp³-hybridized carbons (Fsp3) is 0.786. The van der Waals surface area contributed by atoms with Gasteiger partial charge in [0, 0.05) is 33.1 Å². The van der Waals surface area contributed by atoms with Crippen molar-refractivity contribution in [3.05, 3.63) is 0 Å². The Balaban J connectivity index is 1.66. The van der Waals surface area contributed by atoms with E-state index < -0.39 is 5.54 Å². The first-order chi connectivity index (χ1) is 9.54. The number of hydrogen-bond acceptors (Lipinski definition) is 3. The molecule has 1 spiro atoms. The lowest BCUT2D eigenvalue weighted by molar-refractivity contribution is -0.155. The molecule has 2 heterocycles. The van der Waals surface area contributed by atoms with Crippen LogP contribution in [0.15, 0.2) is 0 Å². The van der Waals surface area contributed by atoms with E-state index in [1.807, 2.05) is 4.90 Å². The van der Waals surface area contributed by atoms with Gasteiger partial charge in [0.2, 0.25) is 17.7 Å². The van der Waals surface area contributed by atoms with E-state index in [2.05, 4.69) is 0 Å². The molecule has 0 aromatic rings. The van der Waals surface area contributed by atoms with E-state index in [4.69, 9.17) is 0 Å². The van der Waals surface area contributed by atoms with E-state index in [-0.39, 0.29) is 24.3 Å². The summed E-state index contributed by atoms with van der Waals surface area (Å²) in [5.74, 6) is -0.0317. The molecule has 0 aromatic carbocycles. The molecule has 0 N–H and O–H groups in total. The number of hydrogen-bond donors (Lipinski definition) is 0. The summed E-state index contributed by atoms with van der Waals surface area (Å²) in [6.45, 7) is 4.33. The molecule has 6 nitrogen and oxygen atoms in total. The van der Waals surface area contributed by atoms with E-state index in [9.17, 15) is 14.4 Å². The van der Waals surface area contributed by atoms with Gasteiger partial charge in [-0.15, -0.1) is 0 Å². The summed E-state index contributed by atoms with van der Waals surface area (Å²) < 4.78 is 0. The minimum atomic E-state index is -0.616. The summed E-state index contributed by atoms with van der Waals surface area (Å²) in [4.78, 5) is 41.5. The molecule has 1 aliphatic carbocycles. The summed E-state index contributed by atoms with van der Waals surface area (Å²) in [6, 6.07) is 0. The first kappa shape index (κ1) is 13.4. The normalized spacial score (nSPS) is 24.4.